The maximum Gasteiger partial charge on any atom is 0.184 e. The predicted molar refractivity (Wildman–Crippen MR) is 74.8 cm³/mol. The molecule has 0 spiro atoms. The van der Waals surface area contributed by atoms with E-state index in [0.29, 0.717) is 5.69 Å². The van der Waals surface area contributed by atoms with Crippen LogP contribution in [0.25, 0.3) is 0 Å². The zero-order valence-corrected chi connectivity index (χ0v) is 10.7. The summed E-state index contributed by atoms with van der Waals surface area (Å²) in [6, 6.07) is 9.66. The van der Waals surface area contributed by atoms with Crippen LogP contribution < -0.4 is 16.0 Å². The summed E-state index contributed by atoms with van der Waals surface area (Å²) in [5.74, 6) is -1.91. The number of para-hydroxylation sites is 2. The molecule has 2 rings (SSSR count). The number of hydrogen-bond donors (Lipinski definition) is 2. The Labute approximate surface area is 110 Å². The maximum absolute atomic E-state index is 13.7. The lowest BCUT2D eigenvalue weighted by atomic mass is 10.2. The average molecular weight is 263 g/mol. The molecule has 0 atom stereocenters. The van der Waals surface area contributed by atoms with Gasteiger partial charge in [-0.1, -0.05) is 12.1 Å². The van der Waals surface area contributed by atoms with Crippen LogP contribution in [-0.2, 0) is 0 Å². The third-order valence-electron chi connectivity index (χ3n) is 2.77. The second-order valence-corrected chi connectivity index (χ2v) is 4.36. The van der Waals surface area contributed by atoms with Gasteiger partial charge in [0.25, 0.3) is 0 Å². The molecular weight excluding hydrogens is 248 g/mol. The van der Waals surface area contributed by atoms with E-state index in [-0.39, 0.29) is 11.4 Å². The zero-order chi connectivity index (χ0) is 14.0. The summed E-state index contributed by atoms with van der Waals surface area (Å²) in [5.41, 5.74) is 7.30. The summed E-state index contributed by atoms with van der Waals surface area (Å²) in [7, 11) is 3.73. The Bertz CT molecular complexity index is 597. The van der Waals surface area contributed by atoms with Crippen LogP contribution in [0.15, 0.2) is 36.4 Å². The molecule has 0 fully saturated rings. The molecule has 5 heteroatoms. The molecule has 3 nitrogen and oxygen atoms in total. The van der Waals surface area contributed by atoms with Crippen LogP contribution in [0.4, 0.5) is 31.5 Å². The number of halogens is 2. The van der Waals surface area contributed by atoms with Crippen molar-refractivity contribution in [3.05, 3.63) is 48.0 Å². The minimum Gasteiger partial charge on any atom is -0.397 e. The number of benzene rings is 2. The number of anilines is 4. The first kappa shape index (κ1) is 13.1. The molecular formula is C14H15F2N3. The van der Waals surface area contributed by atoms with Crippen molar-refractivity contribution < 1.29 is 8.78 Å². The van der Waals surface area contributed by atoms with Gasteiger partial charge in [0.15, 0.2) is 11.6 Å². The van der Waals surface area contributed by atoms with Crippen LogP contribution in [0.1, 0.15) is 0 Å². The minimum absolute atomic E-state index is 0.0469. The summed E-state index contributed by atoms with van der Waals surface area (Å²) in [6.07, 6.45) is 0. The number of nitrogens with one attached hydrogen (secondary N) is 1. The third kappa shape index (κ3) is 2.59. The zero-order valence-electron chi connectivity index (χ0n) is 10.7. The van der Waals surface area contributed by atoms with Gasteiger partial charge in [-0.2, -0.15) is 0 Å². The van der Waals surface area contributed by atoms with E-state index >= 15 is 0 Å². The molecule has 3 N–H and O–H groups in total. The topological polar surface area (TPSA) is 41.3 Å². The molecule has 19 heavy (non-hydrogen) atoms. The highest BCUT2D eigenvalue weighted by Gasteiger charge is 2.13. The lowest BCUT2D eigenvalue weighted by Crippen LogP contribution is -2.11. The van der Waals surface area contributed by atoms with Gasteiger partial charge in [-0.05, 0) is 24.3 Å². The quantitative estimate of drug-likeness (QED) is 0.834. The van der Waals surface area contributed by atoms with Gasteiger partial charge in [-0.15, -0.1) is 0 Å². The molecule has 0 aliphatic rings. The van der Waals surface area contributed by atoms with Crippen molar-refractivity contribution in [2.24, 2.45) is 0 Å². The molecule has 0 aliphatic heterocycles. The second-order valence-electron chi connectivity index (χ2n) is 4.36. The Hall–Kier alpha value is -2.30. The number of rotatable bonds is 3. The highest BCUT2D eigenvalue weighted by Crippen LogP contribution is 2.32. The van der Waals surface area contributed by atoms with Crippen LogP contribution in [0, 0.1) is 11.6 Å². The summed E-state index contributed by atoms with van der Waals surface area (Å²) < 4.78 is 27.0. The van der Waals surface area contributed by atoms with Gasteiger partial charge in [0.1, 0.15) is 5.69 Å². The Morgan fingerprint density at radius 3 is 2.42 bits per heavy atom. The van der Waals surface area contributed by atoms with E-state index in [2.05, 4.69) is 5.32 Å². The predicted octanol–water partition coefficient (Wildman–Crippen LogP) is 3.36. The van der Waals surface area contributed by atoms with Crippen molar-refractivity contribution in [1.82, 2.24) is 0 Å². The normalized spacial score (nSPS) is 10.3. The van der Waals surface area contributed by atoms with E-state index in [9.17, 15) is 8.78 Å². The van der Waals surface area contributed by atoms with Gasteiger partial charge in [0.05, 0.1) is 17.1 Å². The Morgan fingerprint density at radius 2 is 1.74 bits per heavy atom. The molecule has 0 radical (unpaired) electrons. The average Bonchev–Trinajstić information content (AvgIpc) is 2.39. The van der Waals surface area contributed by atoms with Crippen LogP contribution >= 0.6 is 0 Å². The van der Waals surface area contributed by atoms with Crippen molar-refractivity contribution in [2.75, 3.05) is 30.0 Å². The number of nitrogens with zero attached hydrogens (tertiary/aromatic N) is 1. The van der Waals surface area contributed by atoms with Gasteiger partial charge in [0, 0.05) is 14.1 Å². The summed E-state index contributed by atoms with van der Waals surface area (Å²) >= 11 is 0. The van der Waals surface area contributed by atoms with Gasteiger partial charge in [0.2, 0.25) is 0 Å². The number of hydrogen-bond acceptors (Lipinski definition) is 3. The SMILES string of the molecule is CN(C)c1ccccc1Nc1c(N)ccc(F)c1F. The first-order chi connectivity index (χ1) is 9.00. The minimum atomic E-state index is -0.978. The molecule has 0 bridgehead atoms. The van der Waals surface area contributed by atoms with Crippen molar-refractivity contribution in [3.63, 3.8) is 0 Å². The molecule has 0 saturated carbocycles. The van der Waals surface area contributed by atoms with Crippen molar-refractivity contribution >= 4 is 22.7 Å². The molecule has 0 heterocycles. The standard InChI is InChI=1S/C14H15F2N3/c1-19(2)12-6-4-3-5-11(12)18-14-10(17)8-7-9(15)13(14)16/h3-8,18H,17H2,1-2H3. The lowest BCUT2D eigenvalue weighted by molar-refractivity contribution is 0.512. The molecule has 100 valence electrons. The Morgan fingerprint density at radius 1 is 1.05 bits per heavy atom. The fraction of sp³-hybridized carbons (Fsp3) is 0.143. The molecule has 0 amide bonds. The van der Waals surface area contributed by atoms with E-state index in [4.69, 9.17) is 5.73 Å². The van der Waals surface area contributed by atoms with Gasteiger partial charge >= 0.3 is 0 Å². The smallest absolute Gasteiger partial charge is 0.184 e. The number of nitrogens with two attached hydrogens (primary N) is 1. The lowest BCUT2D eigenvalue weighted by Gasteiger charge is -2.19. The van der Waals surface area contributed by atoms with Gasteiger partial charge < -0.3 is 16.0 Å². The molecule has 0 aromatic heterocycles. The Kier molecular flexibility index (Phi) is 3.55. The van der Waals surface area contributed by atoms with Crippen molar-refractivity contribution in [3.8, 4) is 0 Å². The number of nitrogen functional groups attached to an aromatic ring is 1. The monoisotopic (exact) mass is 263 g/mol. The van der Waals surface area contributed by atoms with E-state index in [1.165, 1.54) is 6.07 Å². The van der Waals surface area contributed by atoms with Gasteiger partial charge in [-0.3, -0.25) is 0 Å². The largest absolute Gasteiger partial charge is 0.397 e. The van der Waals surface area contributed by atoms with E-state index in [1.54, 1.807) is 6.07 Å². The van der Waals surface area contributed by atoms with Crippen LogP contribution in [0.3, 0.4) is 0 Å². The molecule has 0 saturated heterocycles. The Balaban J connectivity index is 2.45. The molecule has 0 unspecified atom stereocenters. The van der Waals surface area contributed by atoms with E-state index < -0.39 is 11.6 Å². The fourth-order valence-electron chi connectivity index (χ4n) is 1.80. The van der Waals surface area contributed by atoms with Crippen LogP contribution in [-0.4, -0.2) is 14.1 Å². The van der Waals surface area contributed by atoms with Crippen molar-refractivity contribution in [2.45, 2.75) is 0 Å². The van der Waals surface area contributed by atoms with Crippen LogP contribution in [0.5, 0.6) is 0 Å². The van der Waals surface area contributed by atoms with E-state index in [0.717, 1.165) is 11.8 Å². The van der Waals surface area contributed by atoms with Crippen molar-refractivity contribution in [1.29, 1.82) is 0 Å². The summed E-state index contributed by atoms with van der Waals surface area (Å²) in [5, 5.41) is 2.85. The third-order valence-corrected chi connectivity index (χ3v) is 2.77. The summed E-state index contributed by atoms with van der Waals surface area (Å²) in [4.78, 5) is 1.87. The van der Waals surface area contributed by atoms with E-state index in [1.807, 2.05) is 37.2 Å². The molecule has 2 aromatic rings. The fourth-order valence-corrected chi connectivity index (χ4v) is 1.80. The maximum atomic E-state index is 13.7. The van der Waals surface area contributed by atoms with Gasteiger partial charge in [-0.25, -0.2) is 8.78 Å². The first-order valence-electron chi connectivity index (χ1n) is 5.77. The molecule has 2 aromatic carbocycles. The molecule has 0 aliphatic carbocycles. The van der Waals surface area contributed by atoms with Crippen LogP contribution in [0.2, 0.25) is 0 Å². The first-order valence-corrected chi connectivity index (χ1v) is 5.77. The summed E-state index contributed by atoms with van der Waals surface area (Å²) in [6.45, 7) is 0. The highest BCUT2D eigenvalue weighted by molar-refractivity contribution is 5.80. The second kappa shape index (κ2) is 5.14. The highest BCUT2D eigenvalue weighted by atomic mass is 19.2.